The highest BCUT2D eigenvalue weighted by Crippen LogP contribution is 2.34. The molecule has 0 spiro atoms. The van der Waals surface area contributed by atoms with Crippen LogP contribution in [0.25, 0.3) is 0 Å². The van der Waals surface area contributed by atoms with Gasteiger partial charge in [-0.3, -0.25) is 0 Å². The SMILES string of the molecule is CC(C)(C)OC(=O)NC1CCC(c2cccc(O)c2)CC1. The first-order chi connectivity index (χ1) is 9.83. The number of ether oxygens (including phenoxy) is 1. The third-order valence-electron chi connectivity index (χ3n) is 3.79. The molecule has 0 unspecified atom stereocenters. The van der Waals surface area contributed by atoms with E-state index in [2.05, 4.69) is 11.4 Å². The van der Waals surface area contributed by atoms with Crippen molar-refractivity contribution in [2.75, 3.05) is 0 Å². The summed E-state index contributed by atoms with van der Waals surface area (Å²) in [5.74, 6) is 0.787. The van der Waals surface area contributed by atoms with Gasteiger partial charge in [0.1, 0.15) is 11.4 Å². The number of amides is 1. The molecular weight excluding hydrogens is 266 g/mol. The monoisotopic (exact) mass is 291 g/mol. The van der Waals surface area contributed by atoms with Crippen molar-refractivity contribution < 1.29 is 14.6 Å². The lowest BCUT2D eigenvalue weighted by atomic mass is 9.82. The fourth-order valence-electron chi connectivity index (χ4n) is 2.82. The lowest BCUT2D eigenvalue weighted by Crippen LogP contribution is -2.40. The molecule has 1 aromatic carbocycles. The Morgan fingerprint density at radius 3 is 2.48 bits per heavy atom. The number of aromatic hydroxyl groups is 1. The van der Waals surface area contributed by atoms with Crippen molar-refractivity contribution in [1.82, 2.24) is 5.32 Å². The van der Waals surface area contributed by atoms with Crippen LogP contribution in [0.2, 0.25) is 0 Å². The molecule has 0 atom stereocenters. The minimum atomic E-state index is -0.456. The van der Waals surface area contributed by atoms with E-state index < -0.39 is 5.60 Å². The maximum atomic E-state index is 11.8. The average molecular weight is 291 g/mol. The van der Waals surface area contributed by atoms with Gasteiger partial charge in [0.25, 0.3) is 0 Å². The molecule has 4 heteroatoms. The second-order valence-corrected chi connectivity index (χ2v) is 6.79. The van der Waals surface area contributed by atoms with Gasteiger partial charge in [-0.05, 0) is 70.1 Å². The zero-order chi connectivity index (χ0) is 15.5. The summed E-state index contributed by atoms with van der Waals surface area (Å²) in [4.78, 5) is 11.8. The molecule has 1 aliphatic rings. The number of rotatable bonds is 2. The van der Waals surface area contributed by atoms with Crippen LogP contribution in [0.5, 0.6) is 5.75 Å². The Morgan fingerprint density at radius 2 is 1.90 bits per heavy atom. The van der Waals surface area contributed by atoms with Crippen LogP contribution in [0.3, 0.4) is 0 Å². The molecule has 4 nitrogen and oxygen atoms in total. The van der Waals surface area contributed by atoms with Gasteiger partial charge in [-0.1, -0.05) is 12.1 Å². The number of hydrogen-bond acceptors (Lipinski definition) is 3. The molecule has 2 rings (SSSR count). The van der Waals surface area contributed by atoms with Gasteiger partial charge < -0.3 is 15.2 Å². The highest BCUT2D eigenvalue weighted by atomic mass is 16.6. The Balaban J connectivity index is 1.82. The van der Waals surface area contributed by atoms with E-state index in [0.29, 0.717) is 11.7 Å². The smallest absolute Gasteiger partial charge is 0.407 e. The van der Waals surface area contributed by atoms with Crippen molar-refractivity contribution >= 4 is 6.09 Å². The largest absolute Gasteiger partial charge is 0.508 e. The summed E-state index contributed by atoms with van der Waals surface area (Å²) in [6, 6.07) is 7.67. The van der Waals surface area contributed by atoms with Crippen molar-refractivity contribution in [1.29, 1.82) is 0 Å². The van der Waals surface area contributed by atoms with Gasteiger partial charge >= 0.3 is 6.09 Å². The van der Waals surface area contributed by atoms with Crippen molar-refractivity contribution in [3.63, 3.8) is 0 Å². The van der Waals surface area contributed by atoms with Crippen LogP contribution in [0.4, 0.5) is 4.79 Å². The Kier molecular flexibility index (Phi) is 4.76. The number of benzene rings is 1. The van der Waals surface area contributed by atoms with E-state index in [4.69, 9.17) is 4.74 Å². The zero-order valence-electron chi connectivity index (χ0n) is 13.1. The summed E-state index contributed by atoms with van der Waals surface area (Å²) in [6.45, 7) is 5.60. The number of nitrogens with one attached hydrogen (secondary N) is 1. The highest BCUT2D eigenvalue weighted by molar-refractivity contribution is 5.68. The molecule has 1 amide bonds. The first-order valence-electron chi connectivity index (χ1n) is 7.62. The third kappa shape index (κ3) is 4.96. The number of phenols is 1. The quantitative estimate of drug-likeness (QED) is 0.867. The molecule has 1 aromatic rings. The fraction of sp³-hybridized carbons (Fsp3) is 0.588. The number of hydrogen-bond donors (Lipinski definition) is 2. The molecule has 0 aliphatic heterocycles. The molecule has 0 heterocycles. The van der Waals surface area contributed by atoms with Gasteiger partial charge in [-0.25, -0.2) is 4.79 Å². The van der Waals surface area contributed by atoms with Crippen LogP contribution in [-0.2, 0) is 4.74 Å². The molecule has 1 fully saturated rings. The lowest BCUT2D eigenvalue weighted by molar-refractivity contribution is 0.0491. The normalized spacial score (nSPS) is 22.6. The minimum Gasteiger partial charge on any atom is -0.508 e. The summed E-state index contributed by atoms with van der Waals surface area (Å²) < 4.78 is 5.28. The third-order valence-corrected chi connectivity index (χ3v) is 3.79. The molecular formula is C17H25NO3. The molecule has 116 valence electrons. The van der Waals surface area contributed by atoms with Crippen LogP contribution in [0, 0.1) is 0 Å². The van der Waals surface area contributed by atoms with Crippen LogP contribution < -0.4 is 5.32 Å². The van der Waals surface area contributed by atoms with Gasteiger partial charge in [0.2, 0.25) is 0 Å². The molecule has 21 heavy (non-hydrogen) atoms. The summed E-state index contributed by atoms with van der Waals surface area (Å²) in [5.41, 5.74) is 0.730. The van der Waals surface area contributed by atoms with Crippen LogP contribution in [0.1, 0.15) is 57.9 Å². The van der Waals surface area contributed by atoms with Crippen molar-refractivity contribution in [3.05, 3.63) is 29.8 Å². The summed E-state index contributed by atoms with van der Waals surface area (Å²) >= 11 is 0. The van der Waals surface area contributed by atoms with Crippen molar-refractivity contribution in [2.45, 2.75) is 64.0 Å². The van der Waals surface area contributed by atoms with E-state index in [-0.39, 0.29) is 12.1 Å². The summed E-state index contributed by atoms with van der Waals surface area (Å²) in [5, 5.41) is 12.5. The standard InChI is InChI=1S/C17H25NO3/c1-17(2,3)21-16(20)18-14-9-7-12(8-10-14)13-5-4-6-15(19)11-13/h4-6,11-12,14,19H,7-10H2,1-3H3,(H,18,20). The van der Waals surface area contributed by atoms with E-state index in [1.807, 2.05) is 32.9 Å². The zero-order valence-corrected chi connectivity index (χ0v) is 13.1. The van der Waals surface area contributed by atoms with Gasteiger partial charge in [0.05, 0.1) is 0 Å². The van der Waals surface area contributed by atoms with Gasteiger partial charge in [-0.15, -0.1) is 0 Å². The lowest BCUT2D eigenvalue weighted by Gasteiger charge is -2.30. The van der Waals surface area contributed by atoms with E-state index in [1.165, 1.54) is 5.56 Å². The van der Waals surface area contributed by atoms with Crippen molar-refractivity contribution in [2.24, 2.45) is 0 Å². The molecule has 0 aromatic heterocycles. The Labute approximate surface area is 126 Å². The average Bonchev–Trinajstić information content (AvgIpc) is 2.37. The van der Waals surface area contributed by atoms with Gasteiger partial charge in [0, 0.05) is 6.04 Å². The molecule has 1 saturated carbocycles. The van der Waals surface area contributed by atoms with Gasteiger partial charge in [-0.2, -0.15) is 0 Å². The maximum Gasteiger partial charge on any atom is 0.407 e. The predicted molar refractivity (Wildman–Crippen MR) is 82.5 cm³/mol. The second-order valence-electron chi connectivity index (χ2n) is 6.79. The van der Waals surface area contributed by atoms with Crippen LogP contribution in [-0.4, -0.2) is 22.8 Å². The Bertz CT molecular complexity index is 485. The Morgan fingerprint density at radius 1 is 1.24 bits per heavy atom. The van der Waals surface area contributed by atoms with E-state index >= 15 is 0 Å². The topological polar surface area (TPSA) is 58.6 Å². The fourth-order valence-corrected chi connectivity index (χ4v) is 2.82. The van der Waals surface area contributed by atoms with E-state index in [9.17, 15) is 9.90 Å². The molecule has 0 saturated heterocycles. The Hall–Kier alpha value is -1.71. The van der Waals surface area contributed by atoms with Crippen LogP contribution >= 0.6 is 0 Å². The number of phenolic OH excluding ortho intramolecular Hbond substituents is 1. The maximum absolute atomic E-state index is 11.8. The molecule has 0 bridgehead atoms. The second kappa shape index (κ2) is 6.37. The van der Waals surface area contributed by atoms with Gasteiger partial charge in [0.15, 0.2) is 0 Å². The van der Waals surface area contributed by atoms with E-state index in [0.717, 1.165) is 25.7 Å². The predicted octanol–water partition coefficient (Wildman–Crippen LogP) is 3.94. The number of carbonyl (C=O) groups excluding carboxylic acids is 1. The number of carbonyl (C=O) groups is 1. The van der Waals surface area contributed by atoms with Crippen molar-refractivity contribution in [3.8, 4) is 5.75 Å². The summed E-state index contributed by atoms with van der Waals surface area (Å²) in [6.07, 6.45) is 3.59. The molecule has 1 aliphatic carbocycles. The van der Waals surface area contributed by atoms with Crippen LogP contribution in [0.15, 0.2) is 24.3 Å². The first kappa shape index (κ1) is 15.7. The minimum absolute atomic E-state index is 0.188. The molecule has 2 N–H and O–H groups in total. The highest BCUT2D eigenvalue weighted by Gasteiger charge is 2.25. The first-order valence-corrected chi connectivity index (χ1v) is 7.62. The molecule has 0 radical (unpaired) electrons. The summed E-state index contributed by atoms with van der Waals surface area (Å²) in [7, 11) is 0. The number of alkyl carbamates (subject to hydrolysis) is 1. The van der Waals surface area contributed by atoms with E-state index in [1.54, 1.807) is 6.07 Å².